The van der Waals surface area contributed by atoms with Crippen molar-refractivity contribution in [3.05, 3.63) is 41.9 Å². The molecule has 0 spiro atoms. The van der Waals surface area contributed by atoms with Crippen LogP contribution < -0.4 is 21.1 Å². The molecule has 0 radical (unpaired) electrons. The Labute approximate surface area is 178 Å². The summed E-state index contributed by atoms with van der Waals surface area (Å²) in [6.45, 7) is 5.59. The van der Waals surface area contributed by atoms with E-state index in [4.69, 9.17) is 20.9 Å². The van der Waals surface area contributed by atoms with Gasteiger partial charge in [-0.2, -0.15) is 0 Å². The average Bonchev–Trinajstić information content (AvgIpc) is 3.62. The molecule has 0 bridgehead atoms. The quantitative estimate of drug-likeness (QED) is 0.471. The summed E-state index contributed by atoms with van der Waals surface area (Å²) >= 11 is 0. The van der Waals surface area contributed by atoms with Gasteiger partial charge in [-0.25, -0.2) is 9.97 Å². The third-order valence-corrected chi connectivity index (χ3v) is 5.96. The molecule has 1 aliphatic carbocycles. The zero-order chi connectivity index (χ0) is 20.9. The number of nitrogen functional groups attached to an aromatic ring is 1. The SMILES string of the molecule is COCCOc1ccc(N)c(C(CN)c2cc(N3CCN(C4CC4)CC3)ncn2)c1. The van der Waals surface area contributed by atoms with Gasteiger partial charge in [-0.15, -0.1) is 0 Å². The predicted octanol–water partition coefficient (Wildman–Crippen LogP) is 1.46. The van der Waals surface area contributed by atoms with Gasteiger partial charge < -0.3 is 25.8 Å². The van der Waals surface area contributed by atoms with Crippen molar-refractivity contribution in [2.45, 2.75) is 24.8 Å². The first-order valence-corrected chi connectivity index (χ1v) is 10.7. The summed E-state index contributed by atoms with van der Waals surface area (Å²) in [5.41, 5.74) is 15.0. The van der Waals surface area contributed by atoms with Crippen LogP contribution >= 0.6 is 0 Å². The van der Waals surface area contributed by atoms with Crippen LogP contribution in [0, 0.1) is 0 Å². The number of piperazine rings is 1. The lowest BCUT2D eigenvalue weighted by molar-refractivity contribution is 0.146. The first kappa shape index (κ1) is 20.8. The fourth-order valence-corrected chi connectivity index (χ4v) is 4.08. The summed E-state index contributed by atoms with van der Waals surface area (Å²) in [7, 11) is 1.65. The average molecular weight is 413 g/mol. The van der Waals surface area contributed by atoms with Gasteiger partial charge in [-0.3, -0.25) is 4.90 Å². The van der Waals surface area contributed by atoms with Gasteiger partial charge in [0.05, 0.1) is 12.3 Å². The van der Waals surface area contributed by atoms with Crippen molar-refractivity contribution in [3.63, 3.8) is 0 Å². The van der Waals surface area contributed by atoms with Crippen LogP contribution in [0.1, 0.15) is 30.0 Å². The van der Waals surface area contributed by atoms with Crippen LogP contribution in [0.25, 0.3) is 0 Å². The highest BCUT2D eigenvalue weighted by atomic mass is 16.5. The van der Waals surface area contributed by atoms with Crippen molar-refractivity contribution in [1.29, 1.82) is 0 Å². The van der Waals surface area contributed by atoms with Gasteiger partial charge in [-0.05, 0) is 36.6 Å². The molecule has 1 aliphatic heterocycles. The highest BCUT2D eigenvalue weighted by Gasteiger charge is 2.31. The highest BCUT2D eigenvalue weighted by Crippen LogP contribution is 2.32. The van der Waals surface area contributed by atoms with Crippen LogP contribution in [0.3, 0.4) is 0 Å². The maximum absolute atomic E-state index is 6.29. The van der Waals surface area contributed by atoms with Gasteiger partial charge in [0.2, 0.25) is 0 Å². The molecule has 2 heterocycles. The number of hydrogen-bond donors (Lipinski definition) is 2. The molecule has 2 aromatic rings. The van der Waals surface area contributed by atoms with Crippen molar-refractivity contribution < 1.29 is 9.47 Å². The van der Waals surface area contributed by atoms with Gasteiger partial charge in [0.1, 0.15) is 24.5 Å². The maximum Gasteiger partial charge on any atom is 0.132 e. The molecule has 2 aliphatic rings. The molecule has 8 heteroatoms. The monoisotopic (exact) mass is 412 g/mol. The standard InChI is InChI=1S/C22H32N6O2/c1-29-10-11-30-17-4-5-20(24)18(12-17)19(14-23)21-13-22(26-15-25-21)28-8-6-27(7-9-28)16-2-3-16/h4-5,12-13,15-16,19H,2-3,6-11,14,23-24H2,1H3. The molecule has 4 rings (SSSR count). The molecule has 4 N–H and O–H groups in total. The Kier molecular flexibility index (Phi) is 6.66. The molecule has 0 amide bonds. The third-order valence-electron chi connectivity index (χ3n) is 5.96. The largest absolute Gasteiger partial charge is 0.491 e. The third kappa shape index (κ3) is 4.83. The molecule has 1 unspecified atom stereocenters. The second-order valence-electron chi connectivity index (χ2n) is 7.98. The maximum atomic E-state index is 6.29. The van der Waals surface area contributed by atoms with E-state index in [0.29, 0.717) is 25.4 Å². The van der Waals surface area contributed by atoms with Gasteiger partial charge in [0.15, 0.2) is 0 Å². The first-order chi connectivity index (χ1) is 14.7. The summed E-state index contributed by atoms with van der Waals surface area (Å²) in [6.07, 6.45) is 4.34. The minimum Gasteiger partial charge on any atom is -0.491 e. The second kappa shape index (κ2) is 9.59. The molecule has 8 nitrogen and oxygen atoms in total. The summed E-state index contributed by atoms with van der Waals surface area (Å²) in [4.78, 5) is 14.0. The number of ether oxygens (including phenoxy) is 2. The fraction of sp³-hybridized carbons (Fsp3) is 0.545. The minimum absolute atomic E-state index is 0.120. The molecule has 1 atom stereocenters. The smallest absolute Gasteiger partial charge is 0.132 e. The van der Waals surface area contributed by atoms with E-state index >= 15 is 0 Å². The summed E-state index contributed by atoms with van der Waals surface area (Å²) in [5.74, 6) is 1.59. The molecular formula is C22H32N6O2. The van der Waals surface area contributed by atoms with E-state index < -0.39 is 0 Å². The summed E-state index contributed by atoms with van der Waals surface area (Å²) in [5, 5.41) is 0. The van der Waals surface area contributed by atoms with Crippen molar-refractivity contribution in [1.82, 2.24) is 14.9 Å². The van der Waals surface area contributed by atoms with E-state index in [0.717, 1.165) is 55.0 Å². The number of anilines is 2. The Bertz CT molecular complexity index is 836. The Morgan fingerprint density at radius 2 is 1.90 bits per heavy atom. The van der Waals surface area contributed by atoms with E-state index in [2.05, 4.69) is 25.8 Å². The van der Waals surface area contributed by atoms with Crippen molar-refractivity contribution >= 4 is 11.5 Å². The van der Waals surface area contributed by atoms with E-state index in [1.54, 1.807) is 13.4 Å². The number of methoxy groups -OCH3 is 1. The Morgan fingerprint density at radius 1 is 1.10 bits per heavy atom. The van der Waals surface area contributed by atoms with Crippen LogP contribution in [-0.2, 0) is 4.74 Å². The van der Waals surface area contributed by atoms with Crippen molar-refractivity contribution in [2.24, 2.45) is 5.73 Å². The number of rotatable bonds is 9. The van der Waals surface area contributed by atoms with Crippen LogP contribution in [0.2, 0.25) is 0 Å². The van der Waals surface area contributed by atoms with E-state index in [1.807, 2.05) is 18.2 Å². The zero-order valence-electron chi connectivity index (χ0n) is 17.7. The molecule has 1 aromatic heterocycles. The van der Waals surface area contributed by atoms with Crippen molar-refractivity contribution in [2.75, 3.05) is 63.7 Å². The van der Waals surface area contributed by atoms with Gasteiger partial charge in [0.25, 0.3) is 0 Å². The van der Waals surface area contributed by atoms with Gasteiger partial charge in [0, 0.05) is 63.5 Å². The molecule has 2 fully saturated rings. The van der Waals surface area contributed by atoms with E-state index in [-0.39, 0.29) is 5.92 Å². The molecule has 30 heavy (non-hydrogen) atoms. The Hall–Kier alpha value is -2.42. The molecular weight excluding hydrogens is 380 g/mol. The number of hydrogen-bond acceptors (Lipinski definition) is 8. The van der Waals surface area contributed by atoms with Gasteiger partial charge in [-0.1, -0.05) is 0 Å². The normalized spacial score (nSPS) is 18.4. The molecule has 1 saturated heterocycles. The molecule has 1 saturated carbocycles. The number of nitrogens with zero attached hydrogens (tertiary/aromatic N) is 4. The topological polar surface area (TPSA) is 103 Å². The second-order valence-corrected chi connectivity index (χ2v) is 7.98. The number of aromatic nitrogens is 2. The Morgan fingerprint density at radius 3 is 2.60 bits per heavy atom. The lowest BCUT2D eigenvalue weighted by Gasteiger charge is -2.35. The minimum atomic E-state index is -0.120. The van der Waals surface area contributed by atoms with Crippen molar-refractivity contribution in [3.8, 4) is 5.75 Å². The lowest BCUT2D eigenvalue weighted by Crippen LogP contribution is -2.47. The fourth-order valence-electron chi connectivity index (χ4n) is 4.08. The van der Waals surface area contributed by atoms with E-state index in [1.165, 1.54) is 12.8 Å². The first-order valence-electron chi connectivity index (χ1n) is 10.7. The summed E-state index contributed by atoms with van der Waals surface area (Å²) < 4.78 is 10.8. The van der Waals surface area contributed by atoms with E-state index in [9.17, 15) is 0 Å². The van der Waals surface area contributed by atoms with Crippen LogP contribution in [0.5, 0.6) is 5.75 Å². The van der Waals surface area contributed by atoms with Crippen LogP contribution in [0.4, 0.5) is 11.5 Å². The Balaban J connectivity index is 1.50. The van der Waals surface area contributed by atoms with Gasteiger partial charge >= 0.3 is 0 Å². The number of benzene rings is 1. The zero-order valence-corrected chi connectivity index (χ0v) is 17.7. The highest BCUT2D eigenvalue weighted by molar-refractivity contribution is 5.55. The predicted molar refractivity (Wildman–Crippen MR) is 118 cm³/mol. The van der Waals surface area contributed by atoms with Crippen LogP contribution in [0.15, 0.2) is 30.6 Å². The summed E-state index contributed by atoms with van der Waals surface area (Å²) in [6, 6.07) is 8.56. The lowest BCUT2D eigenvalue weighted by atomic mass is 9.93. The molecule has 162 valence electrons. The molecule has 1 aromatic carbocycles. The number of nitrogens with two attached hydrogens (primary N) is 2. The van der Waals surface area contributed by atoms with Crippen LogP contribution in [-0.4, -0.2) is 74.0 Å².